The van der Waals surface area contributed by atoms with Gasteiger partial charge in [0.2, 0.25) is 0 Å². The maximum absolute atomic E-state index is 2.38. The van der Waals surface area contributed by atoms with Crippen LogP contribution in [0.2, 0.25) is 0 Å². The van der Waals surface area contributed by atoms with Crippen LogP contribution in [0.4, 0.5) is 11.4 Å². The molecule has 0 aliphatic carbocycles. The second-order valence-electron chi connectivity index (χ2n) is 9.33. The van der Waals surface area contributed by atoms with Gasteiger partial charge >= 0.3 is 0 Å². The highest BCUT2D eigenvalue weighted by molar-refractivity contribution is 5.86. The molecule has 194 valence electrons. The van der Waals surface area contributed by atoms with Crippen LogP contribution in [0.5, 0.6) is 0 Å². The number of anilines is 2. The fourth-order valence-corrected chi connectivity index (χ4v) is 5.00. The lowest BCUT2D eigenvalue weighted by atomic mass is 9.93. The molecule has 0 N–H and O–H groups in total. The summed E-state index contributed by atoms with van der Waals surface area (Å²) in [6.45, 7) is 12.9. The first-order valence-electron chi connectivity index (χ1n) is 13.9. The molecular weight excluding hydrogens is 460 g/mol. The molecule has 0 amide bonds. The summed E-state index contributed by atoms with van der Waals surface area (Å²) in [6.07, 6.45) is 4.56. The first-order chi connectivity index (χ1) is 18.7. The summed E-state index contributed by atoms with van der Waals surface area (Å²) in [5.41, 5.74) is 9.81. The summed E-state index contributed by atoms with van der Waals surface area (Å²) in [7, 11) is 0. The van der Waals surface area contributed by atoms with Crippen LogP contribution in [0, 0.1) is 0 Å². The van der Waals surface area contributed by atoms with Crippen molar-refractivity contribution in [2.45, 2.75) is 27.7 Å². The molecule has 4 aromatic rings. The molecule has 2 heteroatoms. The summed E-state index contributed by atoms with van der Waals surface area (Å²) in [4.78, 5) is 4.76. The average molecular weight is 501 g/mol. The second-order valence-corrected chi connectivity index (χ2v) is 9.33. The van der Waals surface area contributed by atoms with E-state index in [0.29, 0.717) is 0 Å². The van der Waals surface area contributed by atoms with Crippen molar-refractivity contribution in [1.29, 1.82) is 0 Å². The lowest BCUT2D eigenvalue weighted by Gasteiger charge is -2.21. The lowest BCUT2D eigenvalue weighted by Crippen LogP contribution is -2.21. The summed E-state index contributed by atoms with van der Waals surface area (Å²) >= 11 is 0. The van der Waals surface area contributed by atoms with Crippen LogP contribution in [0.15, 0.2) is 121 Å². The molecule has 0 atom stereocenters. The van der Waals surface area contributed by atoms with E-state index in [1.54, 1.807) is 0 Å². The molecule has 0 spiro atoms. The molecule has 0 heterocycles. The molecular formula is C36H40N2. The van der Waals surface area contributed by atoms with E-state index in [1.165, 1.54) is 44.8 Å². The Bertz CT molecular complexity index is 1200. The Morgan fingerprint density at radius 2 is 0.711 bits per heavy atom. The molecule has 0 aliphatic rings. The zero-order valence-electron chi connectivity index (χ0n) is 23.3. The Balaban J connectivity index is 1.80. The largest absolute Gasteiger partial charge is 0.372 e. The SMILES string of the molecule is CCN(CC)c1ccc(/C(=C\C=C(/c2ccccc2)c2ccc(N(CC)CC)cc2)c2ccccc2)cc1. The lowest BCUT2D eigenvalue weighted by molar-refractivity contribution is 0.866. The van der Waals surface area contributed by atoms with Crippen molar-refractivity contribution in [3.8, 4) is 0 Å². The standard InChI is InChI=1S/C36H40N2/c1-5-37(6-2)33-23-19-31(20-24-33)35(29-15-11-9-12-16-29)27-28-36(30-17-13-10-14-18-30)32-21-25-34(26-22-32)38(7-3)8-4/h9-28H,5-8H2,1-4H3/b35-27-,36-28+. The maximum Gasteiger partial charge on any atom is 0.0366 e. The van der Waals surface area contributed by atoms with Crippen molar-refractivity contribution >= 4 is 22.5 Å². The molecule has 0 aliphatic heterocycles. The molecule has 0 unspecified atom stereocenters. The molecule has 0 saturated carbocycles. The van der Waals surface area contributed by atoms with E-state index in [-0.39, 0.29) is 0 Å². The fraction of sp³-hybridized carbons (Fsp3) is 0.222. The van der Waals surface area contributed by atoms with Gasteiger partial charge in [-0.25, -0.2) is 0 Å². The van der Waals surface area contributed by atoms with Crippen LogP contribution < -0.4 is 9.80 Å². The smallest absolute Gasteiger partial charge is 0.0366 e. The number of rotatable bonds is 11. The topological polar surface area (TPSA) is 6.48 Å². The monoisotopic (exact) mass is 500 g/mol. The highest BCUT2D eigenvalue weighted by Gasteiger charge is 2.10. The van der Waals surface area contributed by atoms with E-state index in [2.05, 4.69) is 159 Å². The van der Waals surface area contributed by atoms with Crippen molar-refractivity contribution in [1.82, 2.24) is 0 Å². The van der Waals surface area contributed by atoms with Crippen LogP contribution in [-0.2, 0) is 0 Å². The number of hydrogen-bond acceptors (Lipinski definition) is 2. The van der Waals surface area contributed by atoms with Gasteiger partial charge in [0.15, 0.2) is 0 Å². The third kappa shape index (κ3) is 6.44. The Labute approximate surface area is 229 Å². The predicted octanol–water partition coefficient (Wildman–Crippen LogP) is 8.94. The average Bonchev–Trinajstić information content (AvgIpc) is 2.99. The van der Waals surface area contributed by atoms with Crippen LogP contribution in [0.1, 0.15) is 49.9 Å². The highest BCUT2D eigenvalue weighted by Crippen LogP contribution is 2.30. The Morgan fingerprint density at radius 3 is 1.00 bits per heavy atom. The zero-order chi connectivity index (χ0) is 26.7. The van der Waals surface area contributed by atoms with Crippen molar-refractivity contribution in [2.24, 2.45) is 0 Å². The van der Waals surface area contributed by atoms with Gasteiger partial charge in [-0.1, -0.05) is 97.1 Å². The van der Waals surface area contributed by atoms with Gasteiger partial charge in [0.05, 0.1) is 0 Å². The molecule has 2 nitrogen and oxygen atoms in total. The van der Waals surface area contributed by atoms with Crippen LogP contribution >= 0.6 is 0 Å². The summed E-state index contributed by atoms with van der Waals surface area (Å²) in [5, 5.41) is 0. The van der Waals surface area contributed by atoms with Crippen LogP contribution in [0.3, 0.4) is 0 Å². The Kier molecular flexibility index (Phi) is 9.59. The van der Waals surface area contributed by atoms with Crippen LogP contribution in [-0.4, -0.2) is 26.2 Å². The normalized spacial score (nSPS) is 11.9. The van der Waals surface area contributed by atoms with Crippen molar-refractivity contribution in [2.75, 3.05) is 36.0 Å². The van der Waals surface area contributed by atoms with E-state index in [4.69, 9.17) is 0 Å². The quantitative estimate of drug-likeness (QED) is 0.190. The third-order valence-corrected chi connectivity index (χ3v) is 7.20. The molecule has 0 saturated heterocycles. The predicted molar refractivity (Wildman–Crippen MR) is 167 cm³/mol. The van der Waals surface area contributed by atoms with Gasteiger partial charge in [-0.3, -0.25) is 0 Å². The van der Waals surface area contributed by atoms with Gasteiger partial charge in [0.1, 0.15) is 0 Å². The minimum atomic E-state index is 1.01. The molecule has 0 aromatic heterocycles. The van der Waals surface area contributed by atoms with Crippen molar-refractivity contribution < 1.29 is 0 Å². The molecule has 38 heavy (non-hydrogen) atoms. The van der Waals surface area contributed by atoms with Gasteiger partial charge in [0, 0.05) is 37.6 Å². The molecule has 4 aromatic carbocycles. The Morgan fingerprint density at radius 1 is 0.421 bits per heavy atom. The zero-order valence-corrected chi connectivity index (χ0v) is 23.3. The van der Waals surface area contributed by atoms with Crippen LogP contribution in [0.25, 0.3) is 11.1 Å². The second kappa shape index (κ2) is 13.5. The third-order valence-electron chi connectivity index (χ3n) is 7.20. The number of nitrogens with zero attached hydrogens (tertiary/aromatic N) is 2. The van der Waals surface area contributed by atoms with E-state index in [9.17, 15) is 0 Å². The minimum Gasteiger partial charge on any atom is -0.372 e. The maximum atomic E-state index is 2.38. The van der Waals surface area contributed by atoms with E-state index >= 15 is 0 Å². The molecule has 0 bridgehead atoms. The number of hydrogen-bond donors (Lipinski definition) is 0. The Hall–Kier alpha value is -4.04. The summed E-state index contributed by atoms with van der Waals surface area (Å²) in [5.74, 6) is 0. The number of allylic oxidation sites excluding steroid dienone is 2. The summed E-state index contributed by atoms with van der Waals surface area (Å²) in [6, 6.07) is 39.4. The van der Waals surface area contributed by atoms with Gasteiger partial charge in [0.25, 0.3) is 0 Å². The molecule has 0 radical (unpaired) electrons. The fourth-order valence-electron chi connectivity index (χ4n) is 5.00. The molecule has 4 rings (SSSR count). The van der Waals surface area contributed by atoms with E-state index < -0.39 is 0 Å². The first-order valence-corrected chi connectivity index (χ1v) is 13.9. The van der Waals surface area contributed by atoms with Crippen molar-refractivity contribution in [3.05, 3.63) is 144 Å². The number of benzene rings is 4. The van der Waals surface area contributed by atoms with Crippen molar-refractivity contribution in [3.63, 3.8) is 0 Å². The van der Waals surface area contributed by atoms with Gasteiger partial charge < -0.3 is 9.80 Å². The van der Waals surface area contributed by atoms with Gasteiger partial charge in [-0.2, -0.15) is 0 Å². The summed E-state index contributed by atoms with van der Waals surface area (Å²) < 4.78 is 0. The highest BCUT2D eigenvalue weighted by atomic mass is 15.1. The minimum absolute atomic E-state index is 1.01. The molecule has 0 fully saturated rings. The van der Waals surface area contributed by atoms with Gasteiger partial charge in [-0.15, -0.1) is 0 Å². The van der Waals surface area contributed by atoms with Gasteiger partial charge in [-0.05, 0) is 85.4 Å². The van der Waals surface area contributed by atoms with E-state index in [0.717, 1.165) is 26.2 Å². The van der Waals surface area contributed by atoms with E-state index in [1.807, 2.05) is 0 Å². The first kappa shape index (κ1) is 27.0.